The largest absolute Gasteiger partial charge is 0.455 e. The molecule has 7 nitrogen and oxygen atoms in total. The minimum absolute atomic E-state index is 0.0467. The van der Waals surface area contributed by atoms with Gasteiger partial charge >= 0.3 is 5.97 Å². The van der Waals surface area contributed by atoms with Crippen LogP contribution in [0.4, 0.5) is 0 Å². The molecule has 23 heavy (non-hydrogen) atoms. The van der Waals surface area contributed by atoms with Crippen LogP contribution in [0.25, 0.3) is 0 Å². The van der Waals surface area contributed by atoms with Crippen LogP contribution >= 0.6 is 0 Å². The summed E-state index contributed by atoms with van der Waals surface area (Å²) in [6.45, 7) is 5.51. The van der Waals surface area contributed by atoms with Crippen molar-refractivity contribution in [2.24, 2.45) is 5.29 Å². The average Bonchev–Trinajstić information content (AvgIpc) is 2.59. The van der Waals surface area contributed by atoms with Crippen molar-refractivity contribution >= 4 is 5.97 Å². The fourth-order valence-corrected chi connectivity index (χ4v) is 2.10. The molecule has 0 aliphatic heterocycles. The third-order valence-corrected chi connectivity index (χ3v) is 3.44. The Hall–Kier alpha value is -2.46. The fourth-order valence-electron chi connectivity index (χ4n) is 2.10. The van der Waals surface area contributed by atoms with E-state index in [0.29, 0.717) is 0 Å². The van der Waals surface area contributed by atoms with Crippen molar-refractivity contribution < 1.29 is 9.53 Å². The highest BCUT2D eigenvalue weighted by Crippen LogP contribution is 2.19. The van der Waals surface area contributed by atoms with E-state index < -0.39 is 6.10 Å². The molecule has 0 spiro atoms. The number of carbonyl (C=O) groups is 1. The number of hydrogen-bond acceptors (Lipinski definition) is 6. The molecule has 0 N–H and O–H groups in total. The summed E-state index contributed by atoms with van der Waals surface area (Å²) in [5, 5.41) is 12.6. The van der Waals surface area contributed by atoms with Gasteiger partial charge in [0.2, 0.25) is 0 Å². The molecule has 1 unspecified atom stereocenters. The van der Waals surface area contributed by atoms with Gasteiger partial charge in [0, 0.05) is 0 Å². The zero-order chi connectivity index (χ0) is 17.1. The second-order valence-electron chi connectivity index (χ2n) is 4.94. The molecule has 1 aromatic carbocycles. The van der Waals surface area contributed by atoms with Crippen LogP contribution in [0.2, 0.25) is 0 Å². The lowest BCUT2D eigenvalue weighted by Gasteiger charge is -2.24. The van der Waals surface area contributed by atoms with Gasteiger partial charge < -0.3 is 4.74 Å². The van der Waals surface area contributed by atoms with Gasteiger partial charge in [-0.15, -0.1) is 4.91 Å². The van der Waals surface area contributed by atoms with Gasteiger partial charge in [-0.1, -0.05) is 44.2 Å². The van der Waals surface area contributed by atoms with E-state index in [4.69, 9.17) is 10.00 Å². The zero-order valence-electron chi connectivity index (χ0n) is 13.5. The first-order valence-electron chi connectivity index (χ1n) is 7.56. The quantitative estimate of drug-likeness (QED) is 0.284. The molecule has 0 aromatic heterocycles. The molecule has 1 rings (SSSR count). The Morgan fingerprint density at radius 1 is 1.30 bits per heavy atom. The molecule has 7 heteroatoms. The highest BCUT2D eigenvalue weighted by Gasteiger charge is 2.21. The van der Waals surface area contributed by atoms with Gasteiger partial charge in [-0.2, -0.15) is 5.26 Å². The Morgan fingerprint density at radius 3 is 2.48 bits per heavy atom. The average molecular weight is 318 g/mol. The van der Waals surface area contributed by atoms with Gasteiger partial charge in [0.05, 0.1) is 24.4 Å². The maximum absolute atomic E-state index is 12.1. The zero-order valence-corrected chi connectivity index (χ0v) is 13.5. The second kappa shape index (κ2) is 10.3. The van der Waals surface area contributed by atoms with E-state index >= 15 is 0 Å². The van der Waals surface area contributed by atoms with E-state index in [2.05, 4.69) is 5.29 Å². The molecular formula is C16H22N4O3. The van der Waals surface area contributed by atoms with Gasteiger partial charge in [0.1, 0.15) is 12.6 Å². The van der Waals surface area contributed by atoms with E-state index in [1.807, 2.05) is 55.1 Å². The summed E-state index contributed by atoms with van der Waals surface area (Å²) in [5.74, 6) is -0.370. The van der Waals surface area contributed by atoms with E-state index in [1.54, 1.807) is 0 Å². The third-order valence-electron chi connectivity index (χ3n) is 3.44. The summed E-state index contributed by atoms with van der Waals surface area (Å²) < 4.78 is 5.52. The van der Waals surface area contributed by atoms with Crippen LogP contribution in [0.5, 0.6) is 0 Å². The summed E-state index contributed by atoms with van der Waals surface area (Å²) in [7, 11) is 0. The number of ether oxygens (including phenoxy) is 1. The monoisotopic (exact) mass is 318 g/mol. The predicted molar refractivity (Wildman–Crippen MR) is 86.0 cm³/mol. The standard InChI is InChI=1S/C16H22N4O3/c1-3-19(4-2)13-16(21)23-15(12-20(18-22)11-10-17)14-8-6-5-7-9-14/h5-9,15H,3-4,11-13H2,1-2H3. The van der Waals surface area contributed by atoms with Crippen molar-refractivity contribution in [3.8, 4) is 6.07 Å². The first-order chi connectivity index (χ1) is 11.1. The molecular weight excluding hydrogens is 296 g/mol. The topological polar surface area (TPSA) is 86.0 Å². The van der Waals surface area contributed by atoms with Crippen LogP contribution < -0.4 is 0 Å². The Bertz CT molecular complexity index is 526. The lowest BCUT2D eigenvalue weighted by Crippen LogP contribution is -2.33. The van der Waals surface area contributed by atoms with Gasteiger partial charge in [-0.25, -0.2) is 5.01 Å². The molecule has 0 amide bonds. The molecule has 0 saturated carbocycles. The van der Waals surface area contributed by atoms with Crippen LogP contribution in [-0.4, -0.2) is 48.6 Å². The molecule has 0 saturated heterocycles. The highest BCUT2D eigenvalue weighted by atomic mass is 16.5. The molecule has 0 aliphatic rings. The Morgan fingerprint density at radius 2 is 1.96 bits per heavy atom. The first kappa shape index (κ1) is 18.6. The number of rotatable bonds is 10. The molecule has 1 aromatic rings. The number of nitriles is 1. The van der Waals surface area contributed by atoms with Gasteiger partial charge in [0.25, 0.3) is 0 Å². The maximum Gasteiger partial charge on any atom is 0.320 e. The lowest BCUT2D eigenvalue weighted by atomic mass is 10.1. The van der Waals surface area contributed by atoms with Gasteiger partial charge in [0.15, 0.2) is 0 Å². The summed E-state index contributed by atoms with van der Waals surface area (Å²) >= 11 is 0. The van der Waals surface area contributed by atoms with Crippen LogP contribution in [0.1, 0.15) is 25.5 Å². The number of esters is 1. The second-order valence-corrected chi connectivity index (χ2v) is 4.94. The van der Waals surface area contributed by atoms with Gasteiger partial charge in [-0.3, -0.25) is 9.69 Å². The minimum Gasteiger partial charge on any atom is -0.455 e. The number of carbonyl (C=O) groups excluding carboxylic acids is 1. The van der Waals surface area contributed by atoms with Crippen LogP contribution in [0.3, 0.4) is 0 Å². The van der Waals surface area contributed by atoms with Crippen molar-refractivity contribution in [3.05, 3.63) is 40.8 Å². The van der Waals surface area contributed by atoms with Crippen LogP contribution in [-0.2, 0) is 9.53 Å². The smallest absolute Gasteiger partial charge is 0.320 e. The maximum atomic E-state index is 12.1. The SMILES string of the molecule is CCN(CC)CC(=O)OC(CN(CC#N)N=O)c1ccccc1. The van der Waals surface area contributed by atoms with Gasteiger partial charge in [-0.05, 0) is 18.7 Å². The lowest BCUT2D eigenvalue weighted by molar-refractivity contribution is -0.151. The molecule has 0 fully saturated rings. The van der Waals surface area contributed by atoms with Crippen molar-refractivity contribution in [1.82, 2.24) is 9.91 Å². The predicted octanol–water partition coefficient (Wildman–Crippen LogP) is 2.12. The Balaban J connectivity index is 2.81. The molecule has 124 valence electrons. The van der Waals surface area contributed by atoms with Crippen LogP contribution in [0, 0.1) is 16.2 Å². The fraction of sp³-hybridized carbons (Fsp3) is 0.500. The number of nitroso groups, excluding NO2 is 1. The molecule has 0 radical (unpaired) electrons. The summed E-state index contributed by atoms with van der Waals surface area (Å²) in [5.41, 5.74) is 0.756. The van der Waals surface area contributed by atoms with E-state index in [0.717, 1.165) is 23.7 Å². The van der Waals surface area contributed by atoms with Crippen molar-refractivity contribution in [3.63, 3.8) is 0 Å². The summed E-state index contributed by atoms with van der Waals surface area (Å²) in [6, 6.07) is 11.0. The van der Waals surface area contributed by atoms with Crippen molar-refractivity contribution in [2.45, 2.75) is 20.0 Å². The number of likely N-dealkylation sites (N-methyl/N-ethyl adjacent to an activating group) is 1. The summed E-state index contributed by atoms with van der Waals surface area (Å²) in [6.07, 6.45) is -0.648. The highest BCUT2D eigenvalue weighted by molar-refractivity contribution is 5.72. The first-order valence-corrected chi connectivity index (χ1v) is 7.56. The number of benzene rings is 1. The van der Waals surface area contributed by atoms with E-state index in [1.165, 1.54) is 0 Å². The molecule has 0 aliphatic carbocycles. The molecule has 0 heterocycles. The Kier molecular flexibility index (Phi) is 8.32. The van der Waals surface area contributed by atoms with Crippen molar-refractivity contribution in [2.75, 3.05) is 32.7 Å². The number of nitrogens with zero attached hydrogens (tertiary/aromatic N) is 4. The van der Waals surface area contributed by atoms with E-state index in [9.17, 15) is 9.70 Å². The minimum atomic E-state index is -0.648. The Labute approximate surface area is 136 Å². The number of hydrogen-bond donors (Lipinski definition) is 0. The molecule has 1 atom stereocenters. The summed E-state index contributed by atoms with van der Waals surface area (Å²) in [4.78, 5) is 24.9. The van der Waals surface area contributed by atoms with Crippen molar-refractivity contribution in [1.29, 1.82) is 5.26 Å². The third kappa shape index (κ3) is 6.45. The van der Waals surface area contributed by atoms with E-state index in [-0.39, 0.29) is 25.6 Å². The van der Waals surface area contributed by atoms with Crippen LogP contribution in [0.15, 0.2) is 35.6 Å². The normalized spacial score (nSPS) is 11.6. The molecule has 0 bridgehead atoms.